The second kappa shape index (κ2) is 3.62. The summed E-state index contributed by atoms with van der Waals surface area (Å²) in [5, 5.41) is 1.22. The first-order valence-electron chi connectivity index (χ1n) is 4.80. The van der Waals surface area contributed by atoms with Gasteiger partial charge in [-0.2, -0.15) is 0 Å². The minimum Gasteiger partial charge on any atom is -0.253 e. The number of nitrogens with zero attached hydrogens (tertiary/aromatic N) is 1. The first-order chi connectivity index (χ1) is 6.81. The van der Waals surface area contributed by atoms with E-state index >= 15 is 0 Å². The number of hydrogen-bond acceptors (Lipinski definition) is 1. The first-order valence-corrected chi connectivity index (χ1v) is 4.80. The molecule has 70 valence electrons. The summed E-state index contributed by atoms with van der Waals surface area (Å²) in [6, 6.07) is 10.4. The average molecular weight is 183 g/mol. The van der Waals surface area contributed by atoms with Gasteiger partial charge in [0.2, 0.25) is 0 Å². The van der Waals surface area contributed by atoms with Crippen molar-refractivity contribution in [1.29, 1.82) is 0 Å². The van der Waals surface area contributed by atoms with Crippen LogP contribution in [-0.2, 0) is 0 Å². The summed E-state index contributed by atoms with van der Waals surface area (Å²) in [4.78, 5) is 4.48. The molecule has 1 heteroatoms. The summed E-state index contributed by atoms with van der Waals surface area (Å²) in [7, 11) is 0. The molecule has 2 rings (SSSR count). The summed E-state index contributed by atoms with van der Waals surface area (Å²) in [5.41, 5.74) is 3.37. The van der Waals surface area contributed by atoms with Crippen LogP contribution in [0.3, 0.4) is 0 Å². The maximum Gasteiger partial charge on any atom is 0.0711 e. The Labute approximate surface area is 84.1 Å². The van der Waals surface area contributed by atoms with Gasteiger partial charge >= 0.3 is 0 Å². The van der Waals surface area contributed by atoms with Crippen LogP contribution in [-0.4, -0.2) is 4.98 Å². The van der Waals surface area contributed by atoms with E-state index in [-0.39, 0.29) is 0 Å². The maximum absolute atomic E-state index is 4.48. The lowest BCUT2D eigenvalue weighted by Gasteiger charge is -2.02. The SMILES string of the molecule is C/C=C/c1cccc2nc(C)ccc12. The van der Waals surface area contributed by atoms with E-state index in [0.29, 0.717) is 0 Å². The highest BCUT2D eigenvalue weighted by Crippen LogP contribution is 2.18. The summed E-state index contributed by atoms with van der Waals surface area (Å²) in [6.07, 6.45) is 4.16. The van der Waals surface area contributed by atoms with Crippen LogP contribution in [0.5, 0.6) is 0 Å². The highest BCUT2D eigenvalue weighted by molar-refractivity contribution is 5.87. The fraction of sp³-hybridized carbons (Fsp3) is 0.154. The van der Waals surface area contributed by atoms with Gasteiger partial charge in [-0.3, -0.25) is 4.98 Å². The molecule has 0 aliphatic rings. The van der Waals surface area contributed by atoms with Crippen molar-refractivity contribution >= 4 is 17.0 Å². The number of aromatic nitrogens is 1. The van der Waals surface area contributed by atoms with Gasteiger partial charge in [0.05, 0.1) is 5.52 Å². The van der Waals surface area contributed by atoms with Crippen molar-refractivity contribution in [2.24, 2.45) is 0 Å². The van der Waals surface area contributed by atoms with Gasteiger partial charge in [-0.1, -0.05) is 30.4 Å². The maximum atomic E-state index is 4.48. The number of allylic oxidation sites excluding steroid dienone is 1. The van der Waals surface area contributed by atoms with Crippen molar-refractivity contribution in [1.82, 2.24) is 4.98 Å². The van der Waals surface area contributed by atoms with Crippen LogP contribution in [0.1, 0.15) is 18.2 Å². The third-order valence-corrected chi connectivity index (χ3v) is 2.25. The first kappa shape index (κ1) is 8.95. The molecular weight excluding hydrogens is 170 g/mol. The van der Waals surface area contributed by atoms with Crippen LogP contribution in [0.4, 0.5) is 0 Å². The molecular formula is C13H13N. The van der Waals surface area contributed by atoms with Gasteiger partial charge in [-0.05, 0) is 31.5 Å². The predicted molar refractivity (Wildman–Crippen MR) is 61.2 cm³/mol. The lowest BCUT2D eigenvalue weighted by Crippen LogP contribution is -1.84. The lowest BCUT2D eigenvalue weighted by molar-refractivity contribution is 1.25. The van der Waals surface area contributed by atoms with Crippen molar-refractivity contribution in [3.05, 3.63) is 47.7 Å². The van der Waals surface area contributed by atoms with Crippen LogP contribution < -0.4 is 0 Å². The topological polar surface area (TPSA) is 12.9 Å². The minimum absolute atomic E-state index is 1.06. The van der Waals surface area contributed by atoms with E-state index < -0.39 is 0 Å². The quantitative estimate of drug-likeness (QED) is 0.658. The Morgan fingerprint density at radius 1 is 1.14 bits per heavy atom. The van der Waals surface area contributed by atoms with Gasteiger partial charge in [-0.15, -0.1) is 0 Å². The van der Waals surface area contributed by atoms with Crippen LogP contribution in [0.15, 0.2) is 36.4 Å². The number of benzene rings is 1. The minimum atomic E-state index is 1.06. The van der Waals surface area contributed by atoms with E-state index in [1.165, 1.54) is 10.9 Å². The Morgan fingerprint density at radius 2 is 2.00 bits per heavy atom. The van der Waals surface area contributed by atoms with Gasteiger partial charge in [-0.25, -0.2) is 0 Å². The molecule has 0 aliphatic heterocycles. The van der Waals surface area contributed by atoms with Gasteiger partial charge < -0.3 is 0 Å². The standard InChI is InChI=1S/C13H13N/c1-3-5-11-6-4-7-13-12(11)9-8-10(2)14-13/h3-9H,1-2H3/b5-3+. The van der Waals surface area contributed by atoms with Crippen molar-refractivity contribution in [2.75, 3.05) is 0 Å². The molecule has 1 nitrogen and oxygen atoms in total. The zero-order chi connectivity index (χ0) is 9.97. The zero-order valence-corrected chi connectivity index (χ0v) is 8.49. The second-order valence-electron chi connectivity index (χ2n) is 3.37. The molecule has 1 aromatic carbocycles. The predicted octanol–water partition coefficient (Wildman–Crippen LogP) is 3.58. The average Bonchev–Trinajstić information content (AvgIpc) is 2.18. The largest absolute Gasteiger partial charge is 0.253 e. The molecule has 0 atom stereocenters. The van der Waals surface area contributed by atoms with Crippen LogP contribution in [0, 0.1) is 6.92 Å². The molecule has 14 heavy (non-hydrogen) atoms. The molecule has 0 bridgehead atoms. The highest BCUT2D eigenvalue weighted by atomic mass is 14.7. The van der Waals surface area contributed by atoms with Gasteiger partial charge in [0.25, 0.3) is 0 Å². The van der Waals surface area contributed by atoms with Crippen molar-refractivity contribution in [3.63, 3.8) is 0 Å². The molecule has 0 radical (unpaired) electrons. The Kier molecular flexibility index (Phi) is 2.32. The molecule has 0 amide bonds. The van der Waals surface area contributed by atoms with Crippen LogP contribution >= 0.6 is 0 Å². The van der Waals surface area contributed by atoms with Gasteiger partial charge in [0.15, 0.2) is 0 Å². The Hall–Kier alpha value is -1.63. The fourth-order valence-electron chi connectivity index (χ4n) is 1.61. The van der Waals surface area contributed by atoms with Gasteiger partial charge in [0.1, 0.15) is 0 Å². The smallest absolute Gasteiger partial charge is 0.0711 e. The third kappa shape index (κ3) is 1.53. The summed E-state index contributed by atoms with van der Waals surface area (Å²) in [6.45, 7) is 4.04. The molecule has 1 aromatic heterocycles. The molecule has 0 spiro atoms. The molecule has 0 aliphatic carbocycles. The normalized spacial score (nSPS) is 11.3. The number of pyridine rings is 1. The Bertz CT molecular complexity index is 484. The molecule has 0 N–H and O–H groups in total. The number of rotatable bonds is 1. The fourth-order valence-corrected chi connectivity index (χ4v) is 1.61. The van der Waals surface area contributed by atoms with E-state index in [1.807, 2.05) is 19.9 Å². The molecule has 0 fully saturated rings. The summed E-state index contributed by atoms with van der Waals surface area (Å²) >= 11 is 0. The molecule has 1 heterocycles. The highest BCUT2D eigenvalue weighted by Gasteiger charge is 1.98. The Morgan fingerprint density at radius 3 is 2.79 bits per heavy atom. The van der Waals surface area contributed by atoms with Crippen molar-refractivity contribution in [3.8, 4) is 0 Å². The third-order valence-electron chi connectivity index (χ3n) is 2.25. The number of aryl methyl sites for hydroxylation is 1. The van der Waals surface area contributed by atoms with E-state index in [2.05, 4.69) is 41.4 Å². The van der Waals surface area contributed by atoms with E-state index in [0.717, 1.165) is 11.2 Å². The van der Waals surface area contributed by atoms with Gasteiger partial charge in [0, 0.05) is 11.1 Å². The number of fused-ring (bicyclic) bond motifs is 1. The second-order valence-corrected chi connectivity index (χ2v) is 3.37. The van der Waals surface area contributed by atoms with Crippen molar-refractivity contribution < 1.29 is 0 Å². The van der Waals surface area contributed by atoms with E-state index in [4.69, 9.17) is 0 Å². The monoisotopic (exact) mass is 183 g/mol. The van der Waals surface area contributed by atoms with Crippen molar-refractivity contribution in [2.45, 2.75) is 13.8 Å². The summed E-state index contributed by atoms with van der Waals surface area (Å²) < 4.78 is 0. The lowest BCUT2D eigenvalue weighted by atomic mass is 10.1. The van der Waals surface area contributed by atoms with E-state index in [9.17, 15) is 0 Å². The molecule has 2 aromatic rings. The molecule has 0 saturated heterocycles. The number of hydrogen-bond donors (Lipinski definition) is 0. The Balaban J connectivity index is 2.74. The van der Waals surface area contributed by atoms with Crippen LogP contribution in [0.25, 0.3) is 17.0 Å². The molecule has 0 saturated carbocycles. The zero-order valence-electron chi connectivity index (χ0n) is 8.49. The summed E-state index contributed by atoms with van der Waals surface area (Å²) in [5.74, 6) is 0. The van der Waals surface area contributed by atoms with Crippen LogP contribution in [0.2, 0.25) is 0 Å². The van der Waals surface area contributed by atoms with E-state index in [1.54, 1.807) is 0 Å². The molecule has 0 unspecified atom stereocenters.